The molecule has 1 heterocycles. The molecule has 0 aromatic carbocycles. The molecule has 96 valence electrons. The van der Waals surface area contributed by atoms with Crippen molar-refractivity contribution in [2.75, 3.05) is 45.0 Å². The van der Waals surface area contributed by atoms with Crippen molar-refractivity contribution in [2.45, 2.75) is 19.8 Å². The van der Waals surface area contributed by atoms with Crippen molar-refractivity contribution in [2.24, 2.45) is 0 Å². The van der Waals surface area contributed by atoms with E-state index in [1.54, 1.807) is 0 Å². The van der Waals surface area contributed by atoms with Gasteiger partial charge in [0, 0.05) is 39.3 Å². The lowest BCUT2D eigenvalue weighted by molar-refractivity contribution is 0.253. The number of unbranched alkanes of at least 4 members (excludes halogenated alkanes) is 1. The van der Waals surface area contributed by atoms with Crippen LogP contribution in [0.2, 0.25) is 0 Å². The maximum Gasteiger partial charge on any atom is 0.212 e. The highest BCUT2D eigenvalue weighted by molar-refractivity contribution is 7.89. The van der Waals surface area contributed by atoms with Crippen LogP contribution in [0.4, 0.5) is 0 Å². The Hall–Kier alpha value is -0.170. The first-order chi connectivity index (χ1) is 7.64. The van der Waals surface area contributed by atoms with Crippen molar-refractivity contribution in [3.63, 3.8) is 0 Å². The zero-order valence-electron chi connectivity index (χ0n) is 10.0. The highest BCUT2D eigenvalue weighted by atomic mass is 32.2. The Labute approximate surface area is 98.6 Å². The third-order valence-electron chi connectivity index (χ3n) is 2.74. The first-order valence-electron chi connectivity index (χ1n) is 6.04. The quantitative estimate of drug-likeness (QED) is 0.603. The van der Waals surface area contributed by atoms with Gasteiger partial charge in [-0.3, -0.25) is 4.90 Å². The first-order valence-corrected chi connectivity index (χ1v) is 7.69. The third-order valence-corrected chi connectivity index (χ3v) is 4.10. The molecular formula is C10H23N3O2S. The number of nitrogens with zero attached hydrogens (tertiary/aromatic N) is 1. The number of rotatable bonds is 7. The van der Waals surface area contributed by atoms with E-state index < -0.39 is 10.0 Å². The molecule has 5 nitrogen and oxygen atoms in total. The average Bonchev–Trinajstić information content (AvgIpc) is 2.28. The molecule has 0 amide bonds. The van der Waals surface area contributed by atoms with Crippen LogP contribution < -0.4 is 10.0 Å². The fourth-order valence-corrected chi connectivity index (χ4v) is 2.76. The summed E-state index contributed by atoms with van der Waals surface area (Å²) in [4.78, 5) is 2.19. The van der Waals surface area contributed by atoms with E-state index >= 15 is 0 Å². The molecule has 0 unspecified atom stereocenters. The monoisotopic (exact) mass is 249 g/mol. The van der Waals surface area contributed by atoms with E-state index in [0.29, 0.717) is 13.1 Å². The van der Waals surface area contributed by atoms with Gasteiger partial charge in [-0.05, 0) is 6.42 Å². The molecule has 1 fully saturated rings. The van der Waals surface area contributed by atoms with Gasteiger partial charge in [-0.1, -0.05) is 13.3 Å². The molecule has 0 aromatic rings. The smallest absolute Gasteiger partial charge is 0.212 e. The molecule has 0 aliphatic carbocycles. The summed E-state index contributed by atoms with van der Waals surface area (Å²) in [6.45, 7) is 7.08. The van der Waals surface area contributed by atoms with Crippen molar-refractivity contribution in [1.82, 2.24) is 14.9 Å². The summed E-state index contributed by atoms with van der Waals surface area (Å²) in [7, 11) is -3.07. The van der Waals surface area contributed by atoms with Crippen LogP contribution in [0.15, 0.2) is 0 Å². The van der Waals surface area contributed by atoms with Crippen molar-refractivity contribution < 1.29 is 8.42 Å². The molecule has 0 saturated carbocycles. The van der Waals surface area contributed by atoms with E-state index in [1.807, 2.05) is 0 Å². The molecular weight excluding hydrogens is 226 g/mol. The summed E-state index contributed by atoms with van der Waals surface area (Å²) in [5.74, 6) is 0.219. The Bertz CT molecular complexity index is 274. The van der Waals surface area contributed by atoms with Gasteiger partial charge in [-0.15, -0.1) is 0 Å². The number of piperazine rings is 1. The molecule has 1 aliphatic rings. The molecule has 0 bridgehead atoms. The average molecular weight is 249 g/mol. The zero-order chi connectivity index (χ0) is 11.9. The van der Waals surface area contributed by atoms with Crippen molar-refractivity contribution in [3.05, 3.63) is 0 Å². The molecule has 2 N–H and O–H groups in total. The topological polar surface area (TPSA) is 61.4 Å². The number of hydrogen-bond donors (Lipinski definition) is 2. The summed E-state index contributed by atoms with van der Waals surface area (Å²) in [5, 5.41) is 3.25. The van der Waals surface area contributed by atoms with E-state index in [0.717, 1.165) is 39.0 Å². The van der Waals surface area contributed by atoms with Crippen molar-refractivity contribution in [3.8, 4) is 0 Å². The Morgan fingerprint density at radius 1 is 1.31 bits per heavy atom. The van der Waals surface area contributed by atoms with E-state index in [-0.39, 0.29) is 5.75 Å². The van der Waals surface area contributed by atoms with Crippen molar-refractivity contribution >= 4 is 10.0 Å². The molecule has 0 aromatic heterocycles. The fraction of sp³-hybridized carbons (Fsp3) is 1.00. The fourth-order valence-electron chi connectivity index (χ4n) is 1.66. The Kier molecular flexibility index (Phi) is 6.26. The Balaban J connectivity index is 2.18. The number of hydrogen-bond acceptors (Lipinski definition) is 4. The van der Waals surface area contributed by atoms with E-state index in [2.05, 4.69) is 21.9 Å². The maximum atomic E-state index is 11.6. The molecule has 1 aliphatic heterocycles. The predicted octanol–water partition coefficient (Wildman–Crippen LogP) is -0.389. The second-order valence-corrected chi connectivity index (χ2v) is 6.08. The van der Waals surface area contributed by atoms with Gasteiger partial charge in [0.15, 0.2) is 0 Å². The van der Waals surface area contributed by atoms with Crippen LogP contribution in [0.5, 0.6) is 0 Å². The van der Waals surface area contributed by atoms with Gasteiger partial charge in [0.2, 0.25) is 10.0 Å². The normalized spacial score (nSPS) is 18.8. The summed E-state index contributed by atoms with van der Waals surface area (Å²) in [6.07, 6.45) is 1.92. The molecule has 0 atom stereocenters. The molecule has 1 rings (SSSR count). The van der Waals surface area contributed by atoms with Crippen LogP contribution in [0.1, 0.15) is 19.8 Å². The minimum atomic E-state index is -3.07. The summed E-state index contributed by atoms with van der Waals surface area (Å²) < 4.78 is 25.8. The Morgan fingerprint density at radius 2 is 2.00 bits per heavy atom. The van der Waals surface area contributed by atoms with Gasteiger partial charge < -0.3 is 5.32 Å². The van der Waals surface area contributed by atoms with Crippen LogP contribution in [0.25, 0.3) is 0 Å². The van der Waals surface area contributed by atoms with Crippen LogP contribution >= 0.6 is 0 Å². The second kappa shape index (κ2) is 7.21. The minimum absolute atomic E-state index is 0.219. The largest absolute Gasteiger partial charge is 0.314 e. The molecule has 1 saturated heterocycles. The standard InChI is InChI=1S/C10H23N3O2S/c1-2-3-4-12-16(14,15)10-9-13-7-5-11-6-8-13/h11-12H,2-10H2,1H3. The van der Waals surface area contributed by atoms with Crippen LogP contribution in [-0.2, 0) is 10.0 Å². The minimum Gasteiger partial charge on any atom is -0.314 e. The number of nitrogens with one attached hydrogen (secondary N) is 2. The molecule has 16 heavy (non-hydrogen) atoms. The van der Waals surface area contributed by atoms with Gasteiger partial charge in [0.25, 0.3) is 0 Å². The SMILES string of the molecule is CCCCNS(=O)(=O)CCN1CCNCC1. The molecule has 0 spiro atoms. The summed E-state index contributed by atoms with van der Waals surface area (Å²) in [6, 6.07) is 0. The molecule has 6 heteroatoms. The van der Waals surface area contributed by atoms with Gasteiger partial charge in [0.05, 0.1) is 5.75 Å². The van der Waals surface area contributed by atoms with E-state index in [9.17, 15) is 8.42 Å². The highest BCUT2D eigenvalue weighted by Crippen LogP contribution is 1.95. The number of sulfonamides is 1. The highest BCUT2D eigenvalue weighted by Gasteiger charge is 2.14. The van der Waals surface area contributed by atoms with E-state index in [1.165, 1.54) is 0 Å². The Morgan fingerprint density at radius 3 is 2.62 bits per heavy atom. The predicted molar refractivity (Wildman–Crippen MR) is 66.0 cm³/mol. The first kappa shape index (κ1) is 13.9. The van der Waals surface area contributed by atoms with Crippen LogP contribution in [-0.4, -0.2) is 58.3 Å². The van der Waals surface area contributed by atoms with Crippen LogP contribution in [0, 0.1) is 0 Å². The van der Waals surface area contributed by atoms with Crippen molar-refractivity contribution in [1.29, 1.82) is 0 Å². The van der Waals surface area contributed by atoms with Gasteiger partial charge >= 0.3 is 0 Å². The van der Waals surface area contributed by atoms with Gasteiger partial charge in [-0.25, -0.2) is 13.1 Å². The summed E-state index contributed by atoms with van der Waals surface area (Å²) >= 11 is 0. The third kappa shape index (κ3) is 5.79. The van der Waals surface area contributed by atoms with Gasteiger partial charge in [0.1, 0.15) is 0 Å². The summed E-state index contributed by atoms with van der Waals surface area (Å²) in [5.41, 5.74) is 0. The zero-order valence-corrected chi connectivity index (χ0v) is 10.9. The maximum absolute atomic E-state index is 11.6. The van der Waals surface area contributed by atoms with Crippen LogP contribution in [0.3, 0.4) is 0 Å². The second-order valence-electron chi connectivity index (χ2n) is 4.16. The van der Waals surface area contributed by atoms with E-state index in [4.69, 9.17) is 0 Å². The van der Waals surface area contributed by atoms with Gasteiger partial charge in [-0.2, -0.15) is 0 Å². The molecule has 0 radical (unpaired) electrons. The lowest BCUT2D eigenvalue weighted by Gasteiger charge is -2.26. The lowest BCUT2D eigenvalue weighted by Crippen LogP contribution is -2.45. The lowest BCUT2D eigenvalue weighted by atomic mass is 10.3.